The molecule has 0 unspecified atom stereocenters. The topological polar surface area (TPSA) is 96.3 Å². The van der Waals surface area contributed by atoms with Gasteiger partial charge in [0.1, 0.15) is 0 Å². The molecule has 0 bridgehead atoms. The molecule has 7 rings (SSSR count). The molecular weight excluding hydrogens is 667 g/mol. The Bertz CT molecular complexity index is 1490. The van der Waals surface area contributed by atoms with Crippen molar-refractivity contribution in [1.82, 2.24) is 15.1 Å². The Balaban J connectivity index is 1.05. The molecule has 0 radical (unpaired) electrons. The molecule has 0 aromatic heterocycles. The van der Waals surface area contributed by atoms with E-state index in [2.05, 4.69) is 63.2 Å². The lowest BCUT2D eigenvalue weighted by Gasteiger charge is -2.73. The predicted octanol–water partition coefficient (Wildman–Crippen LogP) is 9.25. The summed E-state index contributed by atoms with van der Waals surface area (Å²) in [4.78, 5) is 16.6. The molecule has 4 saturated carbocycles. The van der Waals surface area contributed by atoms with Crippen LogP contribution in [0.5, 0.6) is 0 Å². The standard InChI is InChI=1S/C44H71N3O4S/c1-31(2)34-15-18-44(30-45-22-8-23-46-25-27-52(50,51)28-26-46)20-19-42(6)35(38(34)44)13-14-37-41(5)21-24-47(29-32-9-11-33(12-10-32)39(48)49)40(3,4)36(41)16-17-43(37,42)7/h9-12,34-38,45,50-51H,1,8,13-30H2,2-7H3,(H,48,49)/t34-,35+,36-,37+,38+,41-,42+,43+,44+/m0/s1. The monoisotopic (exact) mass is 738 g/mol. The first-order valence-electron chi connectivity index (χ1n) is 20.9. The maximum absolute atomic E-state index is 11.5. The summed E-state index contributed by atoms with van der Waals surface area (Å²) >= 11 is 0. The number of fused-ring (bicyclic) bond motifs is 7. The number of allylic oxidation sites excluding steroid dienone is 1. The number of carboxylic acids is 1. The Morgan fingerprint density at radius 2 is 1.60 bits per heavy atom. The number of carbonyl (C=O) groups is 1. The number of nitrogens with zero attached hydrogens (tertiary/aromatic N) is 2. The van der Waals surface area contributed by atoms with Gasteiger partial charge in [0.05, 0.1) is 17.1 Å². The van der Waals surface area contributed by atoms with Crippen LogP contribution in [0.15, 0.2) is 36.4 Å². The zero-order valence-electron chi connectivity index (χ0n) is 33.4. The second-order valence-electron chi connectivity index (χ2n) is 20.0. The van der Waals surface area contributed by atoms with Crippen molar-refractivity contribution < 1.29 is 19.0 Å². The van der Waals surface area contributed by atoms with Crippen LogP contribution in [0.4, 0.5) is 0 Å². The van der Waals surface area contributed by atoms with Crippen molar-refractivity contribution in [3.8, 4) is 0 Å². The maximum Gasteiger partial charge on any atom is 0.335 e. The molecule has 2 heterocycles. The number of rotatable bonds is 10. The lowest BCUT2D eigenvalue weighted by molar-refractivity contribution is -0.242. The third-order valence-electron chi connectivity index (χ3n) is 17.4. The molecule has 8 heteroatoms. The van der Waals surface area contributed by atoms with Gasteiger partial charge in [-0.2, -0.15) is 10.6 Å². The van der Waals surface area contributed by atoms with E-state index < -0.39 is 16.6 Å². The summed E-state index contributed by atoms with van der Waals surface area (Å²) < 4.78 is 20.0. The van der Waals surface area contributed by atoms with Crippen LogP contribution >= 0.6 is 10.6 Å². The zero-order valence-corrected chi connectivity index (χ0v) is 34.2. The predicted molar refractivity (Wildman–Crippen MR) is 215 cm³/mol. The molecule has 7 nitrogen and oxygen atoms in total. The van der Waals surface area contributed by atoms with Gasteiger partial charge in [0.15, 0.2) is 0 Å². The van der Waals surface area contributed by atoms with Gasteiger partial charge in [-0.25, -0.2) is 4.79 Å². The van der Waals surface area contributed by atoms with E-state index in [1.54, 1.807) is 12.1 Å². The third-order valence-corrected chi connectivity index (χ3v) is 19.1. The number of piperidine rings is 1. The van der Waals surface area contributed by atoms with Gasteiger partial charge in [-0.1, -0.05) is 45.1 Å². The zero-order chi connectivity index (χ0) is 37.3. The van der Waals surface area contributed by atoms with Crippen LogP contribution < -0.4 is 5.32 Å². The van der Waals surface area contributed by atoms with Crippen LogP contribution in [-0.2, 0) is 6.54 Å². The van der Waals surface area contributed by atoms with Crippen molar-refractivity contribution in [3.63, 3.8) is 0 Å². The molecule has 1 aromatic rings. The van der Waals surface area contributed by atoms with Gasteiger partial charge in [0.2, 0.25) is 0 Å². The van der Waals surface area contributed by atoms with E-state index in [0.717, 1.165) is 70.0 Å². The molecule has 6 fully saturated rings. The van der Waals surface area contributed by atoms with Crippen LogP contribution in [0.2, 0.25) is 0 Å². The number of likely N-dealkylation sites (tertiary alicyclic amines) is 1. The molecule has 9 atom stereocenters. The SMILES string of the molecule is C=C(C)[C@@H]1CC[C@]2(CNCCCN3CCS(O)(O)CC3)CC[C@]3(C)[C@H](CC[C@@H]4[C@@]5(C)CCN(Cc6ccc(C(=O)O)cc6)C(C)(C)[C@@H]5CC[C@]43C)[C@@H]12. The van der Waals surface area contributed by atoms with E-state index in [9.17, 15) is 19.0 Å². The number of benzene rings is 1. The molecule has 0 spiro atoms. The second kappa shape index (κ2) is 14.0. The number of hydrogen-bond acceptors (Lipinski definition) is 6. The number of nitrogens with one attached hydrogen (secondary N) is 1. The summed E-state index contributed by atoms with van der Waals surface area (Å²) in [5.41, 5.74) is 4.44. The number of carboxylic acid groups (broad SMARTS) is 1. The average Bonchev–Trinajstić information content (AvgIpc) is 3.47. The highest BCUT2D eigenvalue weighted by molar-refractivity contribution is 8.24. The van der Waals surface area contributed by atoms with E-state index in [1.165, 1.54) is 68.9 Å². The summed E-state index contributed by atoms with van der Waals surface area (Å²) in [6.07, 6.45) is 13.1. The Kier molecular flexibility index (Phi) is 10.4. The van der Waals surface area contributed by atoms with Crippen molar-refractivity contribution in [3.05, 3.63) is 47.5 Å². The van der Waals surface area contributed by atoms with Crippen LogP contribution in [0, 0.1) is 51.2 Å². The molecular formula is C44H71N3O4S. The number of hydrogen-bond donors (Lipinski definition) is 4. The number of aromatic carboxylic acids is 1. The van der Waals surface area contributed by atoms with E-state index in [-0.39, 0.29) is 5.54 Å². The fourth-order valence-electron chi connectivity index (χ4n) is 14.4. The van der Waals surface area contributed by atoms with Crippen LogP contribution in [0.25, 0.3) is 0 Å². The van der Waals surface area contributed by atoms with E-state index in [4.69, 9.17) is 0 Å². The minimum Gasteiger partial charge on any atom is -0.478 e. The fourth-order valence-corrected chi connectivity index (χ4v) is 15.7. The van der Waals surface area contributed by atoms with Gasteiger partial charge in [0.25, 0.3) is 0 Å². The normalized spacial score (nSPS) is 42.0. The summed E-state index contributed by atoms with van der Waals surface area (Å²) in [5, 5.41) is 13.4. The van der Waals surface area contributed by atoms with Crippen LogP contribution in [-0.4, -0.2) is 86.3 Å². The summed E-state index contributed by atoms with van der Waals surface area (Å²) in [6.45, 7) is 27.0. The van der Waals surface area contributed by atoms with Crippen molar-refractivity contribution in [2.24, 2.45) is 51.2 Å². The highest BCUT2D eigenvalue weighted by Gasteiger charge is 2.70. The van der Waals surface area contributed by atoms with Crippen molar-refractivity contribution >= 4 is 16.6 Å². The van der Waals surface area contributed by atoms with Crippen molar-refractivity contribution in [2.75, 3.05) is 50.8 Å². The summed E-state index contributed by atoms with van der Waals surface area (Å²) in [5.74, 6) is 3.71. The van der Waals surface area contributed by atoms with Gasteiger partial charge >= 0.3 is 5.97 Å². The Hall–Kier alpha value is -1.42. The van der Waals surface area contributed by atoms with Gasteiger partial charge in [-0.15, -0.1) is 0 Å². The smallest absolute Gasteiger partial charge is 0.335 e. The first-order chi connectivity index (χ1) is 24.5. The summed E-state index contributed by atoms with van der Waals surface area (Å²) in [7, 11) is -2.33. The minimum atomic E-state index is -2.33. The van der Waals surface area contributed by atoms with Crippen molar-refractivity contribution in [1.29, 1.82) is 0 Å². The van der Waals surface area contributed by atoms with Gasteiger partial charge in [-0.05, 0) is 174 Å². The van der Waals surface area contributed by atoms with E-state index in [0.29, 0.717) is 50.6 Å². The molecule has 2 aliphatic heterocycles. The second-order valence-corrected chi connectivity index (χ2v) is 22.4. The molecule has 2 saturated heterocycles. The fraction of sp³-hybridized carbons (Fsp3) is 0.795. The van der Waals surface area contributed by atoms with Gasteiger partial charge < -0.3 is 15.3 Å². The largest absolute Gasteiger partial charge is 0.478 e. The van der Waals surface area contributed by atoms with E-state index >= 15 is 0 Å². The van der Waals surface area contributed by atoms with Crippen LogP contribution in [0.3, 0.4) is 0 Å². The maximum atomic E-state index is 11.5. The molecule has 52 heavy (non-hydrogen) atoms. The van der Waals surface area contributed by atoms with E-state index in [1.807, 2.05) is 12.1 Å². The molecule has 1 aromatic carbocycles. The Morgan fingerprint density at radius 3 is 2.27 bits per heavy atom. The Morgan fingerprint density at radius 1 is 0.885 bits per heavy atom. The average molecular weight is 738 g/mol. The van der Waals surface area contributed by atoms with Gasteiger partial charge in [-0.3, -0.25) is 14.0 Å². The quantitative estimate of drug-likeness (QED) is 0.141. The molecule has 292 valence electrons. The molecule has 4 N–H and O–H groups in total. The van der Waals surface area contributed by atoms with Gasteiger partial charge in [0, 0.05) is 31.7 Å². The first-order valence-corrected chi connectivity index (χ1v) is 22.7. The molecule has 4 aliphatic carbocycles. The highest BCUT2D eigenvalue weighted by Crippen LogP contribution is 2.76. The Labute approximate surface area is 317 Å². The van der Waals surface area contributed by atoms with Crippen LogP contribution in [0.1, 0.15) is 122 Å². The lowest BCUT2D eigenvalue weighted by atomic mass is 9.33. The molecule has 0 amide bonds. The minimum absolute atomic E-state index is 0.0821. The first kappa shape index (κ1) is 38.8. The highest BCUT2D eigenvalue weighted by atomic mass is 32.3. The third kappa shape index (κ3) is 6.45. The van der Waals surface area contributed by atoms with Crippen molar-refractivity contribution in [2.45, 2.75) is 118 Å². The summed E-state index contributed by atoms with van der Waals surface area (Å²) in [6, 6.07) is 7.56. The molecule has 6 aliphatic rings. The lowest BCUT2D eigenvalue weighted by Crippen LogP contribution is -2.69.